The smallest absolute Gasteiger partial charge is 0.229 e. The predicted octanol–water partition coefficient (Wildman–Crippen LogP) is 5.31. The lowest BCUT2D eigenvalue weighted by molar-refractivity contribution is -0.122. The quantitative estimate of drug-likeness (QED) is 0.307. The van der Waals surface area contributed by atoms with Crippen LogP contribution in [0.3, 0.4) is 0 Å². The largest absolute Gasteiger partial charge is 0.340 e. The number of benzene rings is 2. The number of nitrogens with one attached hydrogen (secondary N) is 3. The molecule has 2 amide bonds. The molecule has 37 heavy (non-hydrogen) atoms. The highest BCUT2D eigenvalue weighted by atomic mass is 35.5. The number of carbonyl (C=O) groups is 2. The predicted molar refractivity (Wildman–Crippen MR) is 145 cm³/mol. The van der Waals surface area contributed by atoms with E-state index < -0.39 is 5.92 Å². The van der Waals surface area contributed by atoms with Crippen molar-refractivity contribution in [2.45, 2.75) is 13.3 Å². The minimum Gasteiger partial charge on any atom is -0.340 e. The van der Waals surface area contributed by atoms with E-state index in [9.17, 15) is 9.59 Å². The summed E-state index contributed by atoms with van der Waals surface area (Å²) in [6.45, 7) is 2.14. The van der Waals surface area contributed by atoms with Crippen molar-refractivity contribution in [2.24, 2.45) is 5.92 Å². The van der Waals surface area contributed by atoms with Crippen LogP contribution in [0.15, 0.2) is 79.0 Å². The fraction of sp³-hybridized carbons (Fsp3) is 0.148. The van der Waals surface area contributed by atoms with Gasteiger partial charge in [-0.2, -0.15) is 0 Å². The molecule has 4 aromatic rings. The first-order valence-electron chi connectivity index (χ1n) is 11.7. The maximum absolute atomic E-state index is 12.8. The van der Waals surface area contributed by atoms with E-state index in [-0.39, 0.29) is 18.2 Å². The summed E-state index contributed by atoms with van der Waals surface area (Å²) in [5, 5.41) is 9.93. The molecule has 1 saturated heterocycles. The Labute approximate surface area is 218 Å². The summed E-state index contributed by atoms with van der Waals surface area (Å²) < 4.78 is 0. The van der Waals surface area contributed by atoms with Gasteiger partial charge >= 0.3 is 0 Å². The van der Waals surface area contributed by atoms with Gasteiger partial charge in [0, 0.05) is 47.3 Å². The number of hydrogen-bond acceptors (Lipinski definition) is 7. The van der Waals surface area contributed by atoms with Gasteiger partial charge in [0.2, 0.25) is 11.8 Å². The van der Waals surface area contributed by atoms with Crippen LogP contribution in [0.2, 0.25) is 5.02 Å². The van der Waals surface area contributed by atoms with Crippen molar-refractivity contribution in [2.75, 3.05) is 27.4 Å². The van der Waals surface area contributed by atoms with Crippen molar-refractivity contribution in [3.8, 4) is 0 Å². The van der Waals surface area contributed by atoms with E-state index in [0.717, 1.165) is 11.4 Å². The van der Waals surface area contributed by atoms with Gasteiger partial charge in [-0.15, -0.1) is 0 Å². The summed E-state index contributed by atoms with van der Waals surface area (Å²) in [6.07, 6.45) is 1.87. The van der Waals surface area contributed by atoms with Crippen LogP contribution >= 0.6 is 11.6 Å². The Morgan fingerprint density at radius 2 is 1.62 bits per heavy atom. The number of aromatic nitrogens is 3. The first kappa shape index (κ1) is 24.2. The number of rotatable bonds is 7. The van der Waals surface area contributed by atoms with Crippen LogP contribution in [0.1, 0.15) is 12.2 Å². The zero-order valence-electron chi connectivity index (χ0n) is 20.0. The summed E-state index contributed by atoms with van der Waals surface area (Å²) in [4.78, 5) is 40.0. The van der Waals surface area contributed by atoms with E-state index in [4.69, 9.17) is 11.6 Å². The average molecular weight is 514 g/mol. The number of nitrogens with zero attached hydrogens (tertiary/aromatic N) is 4. The summed E-state index contributed by atoms with van der Waals surface area (Å²) in [5.74, 6) is 1.82. The van der Waals surface area contributed by atoms with Gasteiger partial charge in [0.25, 0.3) is 0 Å². The molecule has 0 radical (unpaired) electrons. The second-order valence-corrected chi connectivity index (χ2v) is 9.04. The highest BCUT2D eigenvalue weighted by Gasteiger charge is 2.35. The molecular weight excluding hydrogens is 490 g/mol. The lowest BCUT2D eigenvalue weighted by atomic mass is 10.1. The number of halogens is 1. The normalized spacial score (nSPS) is 14.9. The fourth-order valence-electron chi connectivity index (χ4n) is 4.05. The van der Waals surface area contributed by atoms with E-state index >= 15 is 0 Å². The molecule has 1 atom stereocenters. The molecule has 1 fully saturated rings. The molecule has 0 saturated carbocycles. The van der Waals surface area contributed by atoms with Crippen LogP contribution < -0.4 is 20.9 Å². The summed E-state index contributed by atoms with van der Waals surface area (Å²) in [7, 11) is 0. The van der Waals surface area contributed by atoms with Gasteiger partial charge in [-0.3, -0.25) is 9.59 Å². The molecule has 0 aliphatic carbocycles. The molecular formula is C27H24ClN7O2. The molecule has 0 spiro atoms. The van der Waals surface area contributed by atoms with Crippen molar-refractivity contribution in [3.63, 3.8) is 0 Å². The van der Waals surface area contributed by atoms with E-state index in [0.29, 0.717) is 40.5 Å². The van der Waals surface area contributed by atoms with Gasteiger partial charge in [0.05, 0.1) is 5.92 Å². The number of anilines is 6. The standard InChI is InChI=1S/C27H24ClN7O2/c1-17-30-24(15-25(31-17)34-23-4-2-3-13-29-23)32-20-7-9-21(10-8-20)33-27(37)18-14-26(36)35(16-18)22-11-5-19(28)6-12-22/h2-13,15,18H,14,16H2,1H3,(H,33,37)(H2,29,30,31,32,34). The molecule has 2 aromatic carbocycles. The average Bonchev–Trinajstić information content (AvgIpc) is 3.28. The van der Waals surface area contributed by atoms with Gasteiger partial charge < -0.3 is 20.9 Å². The van der Waals surface area contributed by atoms with E-state index in [1.165, 1.54) is 0 Å². The lowest BCUT2D eigenvalue weighted by Gasteiger charge is -2.17. The fourth-order valence-corrected chi connectivity index (χ4v) is 4.17. The third-order valence-electron chi connectivity index (χ3n) is 5.82. The van der Waals surface area contributed by atoms with Gasteiger partial charge in [0.1, 0.15) is 23.3 Å². The molecule has 3 N–H and O–H groups in total. The first-order valence-corrected chi connectivity index (χ1v) is 12.1. The van der Waals surface area contributed by atoms with Crippen LogP contribution in [0, 0.1) is 12.8 Å². The van der Waals surface area contributed by atoms with Gasteiger partial charge in [-0.1, -0.05) is 17.7 Å². The Bertz CT molecular complexity index is 1410. The molecule has 5 rings (SSSR count). The Hall–Kier alpha value is -4.50. The van der Waals surface area contributed by atoms with Crippen molar-refractivity contribution in [1.29, 1.82) is 0 Å². The molecule has 2 aromatic heterocycles. The van der Waals surface area contributed by atoms with Crippen LogP contribution in [0.5, 0.6) is 0 Å². The van der Waals surface area contributed by atoms with Crippen LogP contribution in [0.25, 0.3) is 0 Å². The Balaban J connectivity index is 1.20. The van der Waals surface area contributed by atoms with Gasteiger partial charge in [-0.25, -0.2) is 15.0 Å². The molecule has 1 aliphatic heterocycles. The van der Waals surface area contributed by atoms with Crippen molar-refractivity contribution >= 4 is 57.9 Å². The van der Waals surface area contributed by atoms with Gasteiger partial charge in [0.15, 0.2) is 0 Å². The van der Waals surface area contributed by atoms with Crippen molar-refractivity contribution in [3.05, 3.63) is 89.8 Å². The number of hydrogen-bond donors (Lipinski definition) is 3. The molecule has 3 heterocycles. The van der Waals surface area contributed by atoms with Crippen LogP contribution in [0.4, 0.5) is 34.5 Å². The summed E-state index contributed by atoms with van der Waals surface area (Å²) in [5.41, 5.74) is 2.17. The van der Waals surface area contributed by atoms with E-state index in [1.54, 1.807) is 53.6 Å². The monoisotopic (exact) mass is 513 g/mol. The number of aryl methyl sites for hydroxylation is 1. The summed E-state index contributed by atoms with van der Waals surface area (Å²) >= 11 is 5.94. The third-order valence-corrected chi connectivity index (χ3v) is 6.07. The third kappa shape index (κ3) is 6.02. The van der Waals surface area contributed by atoms with Crippen LogP contribution in [-0.2, 0) is 9.59 Å². The number of amides is 2. The lowest BCUT2D eigenvalue weighted by Crippen LogP contribution is -2.28. The minimum absolute atomic E-state index is 0.0842. The molecule has 186 valence electrons. The minimum atomic E-state index is -0.435. The Morgan fingerprint density at radius 1 is 0.919 bits per heavy atom. The molecule has 9 nitrogen and oxygen atoms in total. The first-order chi connectivity index (χ1) is 17.9. The number of pyridine rings is 1. The second-order valence-electron chi connectivity index (χ2n) is 8.60. The summed E-state index contributed by atoms with van der Waals surface area (Å²) in [6, 6.07) is 21.7. The van der Waals surface area contributed by atoms with Crippen molar-refractivity contribution in [1.82, 2.24) is 15.0 Å². The maximum atomic E-state index is 12.8. The zero-order valence-corrected chi connectivity index (χ0v) is 20.7. The second kappa shape index (κ2) is 10.6. The molecule has 0 bridgehead atoms. The Morgan fingerprint density at radius 3 is 2.32 bits per heavy atom. The van der Waals surface area contributed by atoms with Crippen LogP contribution in [-0.4, -0.2) is 33.3 Å². The van der Waals surface area contributed by atoms with E-state index in [1.807, 2.05) is 37.3 Å². The highest BCUT2D eigenvalue weighted by Crippen LogP contribution is 2.27. The maximum Gasteiger partial charge on any atom is 0.229 e. The Kier molecular flexibility index (Phi) is 6.96. The zero-order chi connectivity index (χ0) is 25.8. The molecule has 10 heteroatoms. The SMILES string of the molecule is Cc1nc(Nc2ccc(NC(=O)C3CC(=O)N(c4ccc(Cl)cc4)C3)cc2)cc(Nc2ccccn2)n1. The number of carbonyl (C=O) groups excluding carboxylic acids is 2. The topological polar surface area (TPSA) is 112 Å². The van der Waals surface area contributed by atoms with E-state index in [2.05, 4.69) is 30.9 Å². The van der Waals surface area contributed by atoms with Crippen molar-refractivity contribution < 1.29 is 9.59 Å². The molecule has 1 unspecified atom stereocenters. The molecule has 1 aliphatic rings. The highest BCUT2D eigenvalue weighted by molar-refractivity contribution is 6.30. The van der Waals surface area contributed by atoms with Gasteiger partial charge in [-0.05, 0) is 67.6 Å².